The predicted molar refractivity (Wildman–Crippen MR) is 99.3 cm³/mol. The largest absolute Gasteiger partial charge is 0.336 e. The van der Waals surface area contributed by atoms with E-state index >= 15 is 0 Å². The van der Waals surface area contributed by atoms with Crippen LogP contribution in [-0.4, -0.2) is 48.4 Å². The van der Waals surface area contributed by atoms with Crippen molar-refractivity contribution in [1.82, 2.24) is 9.80 Å². The second-order valence-corrected chi connectivity index (χ2v) is 6.35. The molecule has 0 spiro atoms. The lowest BCUT2D eigenvalue weighted by molar-refractivity contribution is 0.0650. The third kappa shape index (κ3) is 4.47. The summed E-state index contributed by atoms with van der Waals surface area (Å²) in [4.78, 5) is 16.8. The molecule has 1 fully saturated rings. The first kappa shape index (κ1) is 16.7. The number of nitrogens with zero attached hydrogens (tertiary/aromatic N) is 2. The second kappa shape index (κ2) is 8.13. The van der Waals surface area contributed by atoms with Gasteiger partial charge in [-0.25, -0.2) is 0 Å². The molecule has 1 aliphatic heterocycles. The summed E-state index contributed by atoms with van der Waals surface area (Å²) >= 11 is 5.97. The Kier molecular flexibility index (Phi) is 5.68. The Balaban J connectivity index is 1.49. The molecule has 0 aromatic heterocycles. The Morgan fingerprint density at radius 1 is 1.00 bits per heavy atom. The van der Waals surface area contributed by atoms with Crippen LogP contribution >= 0.6 is 11.6 Å². The number of halogens is 1. The highest BCUT2D eigenvalue weighted by molar-refractivity contribution is 6.30. The van der Waals surface area contributed by atoms with E-state index in [1.165, 1.54) is 5.56 Å². The van der Waals surface area contributed by atoms with Gasteiger partial charge in [0.15, 0.2) is 0 Å². The van der Waals surface area contributed by atoms with Crippen molar-refractivity contribution in [3.63, 3.8) is 0 Å². The van der Waals surface area contributed by atoms with E-state index in [2.05, 4.69) is 29.2 Å². The smallest absolute Gasteiger partial charge is 0.253 e. The van der Waals surface area contributed by atoms with Crippen molar-refractivity contribution in [2.45, 2.75) is 0 Å². The average Bonchev–Trinajstić information content (AvgIpc) is 2.63. The maximum absolute atomic E-state index is 12.5. The van der Waals surface area contributed by atoms with Crippen LogP contribution in [0.3, 0.4) is 0 Å². The molecule has 1 heterocycles. The van der Waals surface area contributed by atoms with Crippen LogP contribution in [0.4, 0.5) is 0 Å². The van der Waals surface area contributed by atoms with Gasteiger partial charge in [0.1, 0.15) is 0 Å². The molecule has 1 amide bonds. The van der Waals surface area contributed by atoms with Crippen LogP contribution in [0.1, 0.15) is 15.9 Å². The third-order valence-electron chi connectivity index (χ3n) is 4.20. The van der Waals surface area contributed by atoms with Gasteiger partial charge >= 0.3 is 0 Å². The van der Waals surface area contributed by atoms with Crippen LogP contribution in [0.15, 0.2) is 60.7 Å². The van der Waals surface area contributed by atoms with Crippen molar-refractivity contribution in [2.24, 2.45) is 0 Å². The highest BCUT2D eigenvalue weighted by Gasteiger charge is 2.21. The summed E-state index contributed by atoms with van der Waals surface area (Å²) in [5, 5.41) is 0.602. The Hall–Kier alpha value is -2.10. The number of hydrogen-bond donors (Lipinski definition) is 0. The molecule has 2 aromatic rings. The van der Waals surface area contributed by atoms with Gasteiger partial charge in [0, 0.05) is 43.3 Å². The van der Waals surface area contributed by atoms with Gasteiger partial charge in [-0.1, -0.05) is 60.2 Å². The van der Waals surface area contributed by atoms with Gasteiger partial charge in [-0.2, -0.15) is 0 Å². The van der Waals surface area contributed by atoms with Gasteiger partial charge in [-0.3, -0.25) is 9.69 Å². The quantitative estimate of drug-likeness (QED) is 0.845. The topological polar surface area (TPSA) is 23.6 Å². The molecule has 0 radical (unpaired) electrons. The maximum atomic E-state index is 12.5. The number of hydrogen-bond acceptors (Lipinski definition) is 2. The van der Waals surface area contributed by atoms with E-state index in [-0.39, 0.29) is 5.91 Å². The minimum absolute atomic E-state index is 0.0666. The zero-order valence-corrected chi connectivity index (χ0v) is 14.3. The summed E-state index contributed by atoms with van der Waals surface area (Å²) in [5.41, 5.74) is 1.88. The molecule has 1 saturated heterocycles. The van der Waals surface area contributed by atoms with Crippen LogP contribution in [0.25, 0.3) is 6.08 Å². The lowest BCUT2D eigenvalue weighted by Gasteiger charge is -2.34. The van der Waals surface area contributed by atoms with Crippen LogP contribution in [0, 0.1) is 0 Å². The highest BCUT2D eigenvalue weighted by Crippen LogP contribution is 2.14. The fraction of sp³-hybridized carbons (Fsp3) is 0.250. The number of carbonyl (C=O) groups is 1. The summed E-state index contributed by atoms with van der Waals surface area (Å²) in [7, 11) is 0. The van der Waals surface area contributed by atoms with E-state index < -0.39 is 0 Å². The molecule has 124 valence electrons. The van der Waals surface area contributed by atoms with E-state index in [1.54, 1.807) is 12.1 Å². The number of rotatable bonds is 4. The van der Waals surface area contributed by atoms with Gasteiger partial charge in [0.25, 0.3) is 5.91 Å². The zero-order chi connectivity index (χ0) is 16.8. The van der Waals surface area contributed by atoms with Crippen molar-refractivity contribution in [1.29, 1.82) is 0 Å². The molecule has 0 aliphatic carbocycles. The number of benzene rings is 2. The van der Waals surface area contributed by atoms with E-state index in [9.17, 15) is 4.79 Å². The Labute approximate surface area is 148 Å². The van der Waals surface area contributed by atoms with Gasteiger partial charge in [-0.15, -0.1) is 0 Å². The highest BCUT2D eigenvalue weighted by atomic mass is 35.5. The Morgan fingerprint density at radius 2 is 1.75 bits per heavy atom. The monoisotopic (exact) mass is 340 g/mol. The molecule has 24 heavy (non-hydrogen) atoms. The SMILES string of the molecule is O=C(c1cccc(Cl)c1)N1CCN(CC=Cc2ccccc2)CC1. The third-order valence-corrected chi connectivity index (χ3v) is 4.44. The van der Waals surface area contributed by atoms with Crippen molar-refractivity contribution >= 4 is 23.6 Å². The van der Waals surface area contributed by atoms with E-state index in [4.69, 9.17) is 11.6 Å². The Bertz CT molecular complexity index is 707. The van der Waals surface area contributed by atoms with Crippen molar-refractivity contribution < 1.29 is 4.79 Å². The van der Waals surface area contributed by atoms with Gasteiger partial charge in [0.2, 0.25) is 0 Å². The maximum Gasteiger partial charge on any atom is 0.253 e. The minimum atomic E-state index is 0.0666. The minimum Gasteiger partial charge on any atom is -0.336 e. The van der Waals surface area contributed by atoms with Gasteiger partial charge in [-0.05, 0) is 23.8 Å². The first-order valence-electron chi connectivity index (χ1n) is 8.21. The fourth-order valence-electron chi connectivity index (χ4n) is 2.84. The summed E-state index contributed by atoms with van der Waals surface area (Å²) < 4.78 is 0. The molecule has 4 heteroatoms. The molecular weight excluding hydrogens is 320 g/mol. The van der Waals surface area contributed by atoms with Crippen molar-refractivity contribution in [3.05, 3.63) is 76.8 Å². The zero-order valence-electron chi connectivity index (χ0n) is 13.6. The molecule has 0 bridgehead atoms. The average molecular weight is 341 g/mol. The number of amides is 1. The van der Waals surface area contributed by atoms with E-state index in [1.807, 2.05) is 35.2 Å². The molecule has 2 aromatic carbocycles. The molecule has 0 atom stereocenters. The fourth-order valence-corrected chi connectivity index (χ4v) is 3.03. The van der Waals surface area contributed by atoms with Crippen molar-refractivity contribution in [2.75, 3.05) is 32.7 Å². The molecule has 3 rings (SSSR count). The van der Waals surface area contributed by atoms with Crippen LogP contribution < -0.4 is 0 Å². The number of piperazine rings is 1. The van der Waals surface area contributed by atoms with E-state index in [0.717, 1.165) is 32.7 Å². The first-order chi connectivity index (χ1) is 11.7. The molecule has 1 aliphatic rings. The molecular formula is C20H21ClN2O. The van der Waals surface area contributed by atoms with Gasteiger partial charge in [0.05, 0.1) is 0 Å². The van der Waals surface area contributed by atoms with Crippen LogP contribution in [-0.2, 0) is 0 Å². The second-order valence-electron chi connectivity index (χ2n) is 5.92. The summed E-state index contributed by atoms with van der Waals surface area (Å²) in [6.07, 6.45) is 4.33. The number of carbonyl (C=O) groups excluding carboxylic acids is 1. The standard InChI is InChI=1S/C20H21ClN2O/c21-19-10-4-9-18(16-19)20(24)23-14-12-22(13-15-23)11-5-8-17-6-2-1-3-7-17/h1-10,16H,11-15H2. The summed E-state index contributed by atoms with van der Waals surface area (Å²) in [6, 6.07) is 17.5. The summed E-state index contributed by atoms with van der Waals surface area (Å²) in [6.45, 7) is 4.21. The van der Waals surface area contributed by atoms with E-state index in [0.29, 0.717) is 10.6 Å². The van der Waals surface area contributed by atoms with Crippen LogP contribution in [0.5, 0.6) is 0 Å². The lowest BCUT2D eigenvalue weighted by atomic mass is 10.2. The normalized spacial score (nSPS) is 15.8. The lowest BCUT2D eigenvalue weighted by Crippen LogP contribution is -2.48. The molecule has 3 nitrogen and oxygen atoms in total. The van der Waals surface area contributed by atoms with Crippen LogP contribution in [0.2, 0.25) is 5.02 Å². The molecule has 0 N–H and O–H groups in total. The van der Waals surface area contributed by atoms with Gasteiger partial charge < -0.3 is 4.90 Å². The molecule has 0 unspecified atom stereocenters. The summed E-state index contributed by atoms with van der Waals surface area (Å²) in [5.74, 6) is 0.0666. The first-order valence-corrected chi connectivity index (χ1v) is 8.59. The van der Waals surface area contributed by atoms with Crippen molar-refractivity contribution in [3.8, 4) is 0 Å². The molecule has 0 saturated carbocycles. The predicted octanol–water partition coefficient (Wildman–Crippen LogP) is 3.81. The Morgan fingerprint density at radius 3 is 2.46 bits per heavy atom.